The molecule has 1 aromatic carbocycles. The molecule has 0 spiro atoms. The standard InChI is InChI=1S/C16H16N2O3S/c1-9-13(8-17-14(19)11-7-12(11)16(20)21)22-15(18-9)10-5-3-2-4-6-10/h2-6,11-12H,7-8H2,1H3,(H,17,19)(H,20,21). The lowest BCUT2D eigenvalue weighted by Crippen LogP contribution is -2.25. The summed E-state index contributed by atoms with van der Waals surface area (Å²) in [6.45, 7) is 2.32. The van der Waals surface area contributed by atoms with Crippen molar-refractivity contribution in [2.24, 2.45) is 11.8 Å². The number of hydrogen-bond acceptors (Lipinski definition) is 4. The number of aryl methyl sites for hydroxylation is 1. The Hall–Kier alpha value is -2.21. The highest BCUT2D eigenvalue weighted by Crippen LogP contribution is 2.38. The first-order chi connectivity index (χ1) is 10.6. The van der Waals surface area contributed by atoms with Crippen molar-refractivity contribution in [2.75, 3.05) is 0 Å². The van der Waals surface area contributed by atoms with Crippen LogP contribution >= 0.6 is 11.3 Å². The van der Waals surface area contributed by atoms with E-state index >= 15 is 0 Å². The summed E-state index contributed by atoms with van der Waals surface area (Å²) in [5.41, 5.74) is 1.95. The zero-order valence-corrected chi connectivity index (χ0v) is 12.9. The third kappa shape index (κ3) is 3.01. The highest BCUT2D eigenvalue weighted by atomic mass is 32.1. The van der Waals surface area contributed by atoms with Crippen LogP contribution in [0, 0.1) is 18.8 Å². The van der Waals surface area contributed by atoms with Gasteiger partial charge in [-0.15, -0.1) is 11.3 Å². The lowest BCUT2D eigenvalue weighted by Gasteiger charge is -2.02. The summed E-state index contributed by atoms with van der Waals surface area (Å²) in [5.74, 6) is -1.95. The number of aliphatic carboxylic acids is 1. The molecule has 1 saturated carbocycles. The molecular weight excluding hydrogens is 300 g/mol. The molecule has 1 heterocycles. The number of carboxylic acid groups (broad SMARTS) is 1. The van der Waals surface area contributed by atoms with E-state index in [2.05, 4.69) is 10.3 Å². The molecule has 2 atom stereocenters. The van der Waals surface area contributed by atoms with Crippen LogP contribution < -0.4 is 5.32 Å². The van der Waals surface area contributed by atoms with Crippen LogP contribution in [0.1, 0.15) is 17.0 Å². The molecule has 1 amide bonds. The minimum Gasteiger partial charge on any atom is -0.481 e. The molecule has 2 unspecified atom stereocenters. The Bertz CT molecular complexity index is 711. The molecule has 22 heavy (non-hydrogen) atoms. The van der Waals surface area contributed by atoms with Gasteiger partial charge in [-0.25, -0.2) is 4.98 Å². The van der Waals surface area contributed by atoms with Gasteiger partial charge in [0.1, 0.15) is 5.01 Å². The predicted octanol–water partition coefficient (Wildman–Crippen LogP) is 2.46. The van der Waals surface area contributed by atoms with Crippen LogP contribution in [0.2, 0.25) is 0 Å². The fraction of sp³-hybridized carbons (Fsp3) is 0.312. The largest absolute Gasteiger partial charge is 0.481 e. The zero-order valence-electron chi connectivity index (χ0n) is 12.1. The number of benzene rings is 1. The molecule has 0 saturated heterocycles. The summed E-state index contributed by atoms with van der Waals surface area (Å²) in [7, 11) is 0. The van der Waals surface area contributed by atoms with E-state index in [4.69, 9.17) is 5.11 Å². The second kappa shape index (κ2) is 5.88. The summed E-state index contributed by atoms with van der Waals surface area (Å²) in [5, 5.41) is 12.6. The zero-order chi connectivity index (χ0) is 15.7. The van der Waals surface area contributed by atoms with Crippen LogP contribution in [0.25, 0.3) is 10.6 Å². The number of nitrogens with zero attached hydrogens (tertiary/aromatic N) is 1. The van der Waals surface area contributed by atoms with E-state index in [-0.39, 0.29) is 11.8 Å². The van der Waals surface area contributed by atoms with Crippen molar-refractivity contribution in [1.82, 2.24) is 10.3 Å². The van der Waals surface area contributed by atoms with E-state index in [9.17, 15) is 9.59 Å². The van der Waals surface area contributed by atoms with E-state index in [0.717, 1.165) is 21.1 Å². The second-order valence-corrected chi connectivity index (χ2v) is 6.48. The van der Waals surface area contributed by atoms with Gasteiger partial charge in [0.2, 0.25) is 5.91 Å². The van der Waals surface area contributed by atoms with Gasteiger partial charge in [0.05, 0.1) is 24.1 Å². The molecule has 0 radical (unpaired) electrons. The number of hydrogen-bond donors (Lipinski definition) is 2. The van der Waals surface area contributed by atoms with Crippen LogP contribution in [-0.2, 0) is 16.1 Å². The predicted molar refractivity (Wildman–Crippen MR) is 83.4 cm³/mol. The molecule has 0 bridgehead atoms. The molecule has 1 fully saturated rings. The van der Waals surface area contributed by atoms with Gasteiger partial charge in [-0.3, -0.25) is 9.59 Å². The lowest BCUT2D eigenvalue weighted by atomic mass is 10.2. The highest BCUT2D eigenvalue weighted by molar-refractivity contribution is 7.15. The number of carbonyl (C=O) groups excluding carboxylic acids is 1. The minimum atomic E-state index is -0.888. The van der Waals surface area contributed by atoms with Gasteiger partial charge in [0.25, 0.3) is 0 Å². The van der Waals surface area contributed by atoms with Crippen molar-refractivity contribution >= 4 is 23.2 Å². The van der Waals surface area contributed by atoms with Gasteiger partial charge < -0.3 is 10.4 Å². The SMILES string of the molecule is Cc1nc(-c2ccccc2)sc1CNC(=O)C1CC1C(=O)O. The van der Waals surface area contributed by atoms with Gasteiger partial charge in [0, 0.05) is 10.4 Å². The van der Waals surface area contributed by atoms with E-state index in [1.165, 1.54) is 0 Å². The van der Waals surface area contributed by atoms with Gasteiger partial charge in [0.15, 0.2) is 0 Å². The van der Waals surface area contributed by atoms with Gasteiger partial charge in [-0.1, -0.05) is 30.3 Å². The van der Waals surface area contributed by atoms with E-state index in [1.807, 2.05) is 37.3 Å². The molecule has 5 nitrogen and oxygen atoms in total. The minimum absolute atomic E-state index is 0.179. The number of carboxylic acids is 1. The van der Waals surface area contributed by atoms with Crippen molar-refractivity contribution in [1.29, 1.82) is 0 Å². The van der Waals surface area contributed by atoms with Gasteiger partial charge >= 0.3 is 5.97 Å². The number of thiazole rings is 1. The number of rotatable bonds is 5. The van der Waals surface area contributed by atoms with Crippen molar-refractivity contribution in [3.63, 3.8) is 0 Å². The first kappa shape index (κ1) is 14.7. The maximum absolute atomic E-state index is 11.9. The number of aromatic nitrogens is 1. The molecule has 6 heteroatoms. The van der Waals surface area contributed by atoms with Crippen LogP contribution in [0.3, 0.4) is 0 Å². The Morgan fingerprint density at radius 3 is 2.68 bits per heavy atom. The van der Waals surface area contributed by atoms with Crippen LogP contribution in [0.5, 0.6) is 0 Å². The van der Waals surface area contributed by atoms with Crippen LogP contribution in [-0.4, -0.2) is 22.0 Å². The summed E-state index contributed by atoms with van der Waals surface area (Å²) in [6, 6.07) is 9.89. The lowest BCUT2D eigenvalue weighted by molar-refractivity contribution is -0.140. The highest BCUT2D eigenvalue weighted by Gasteiger charge is 2.48. The maximum Gasteiger partial charge on any atom is 0.307 e. The molecule has 114 valence electrons. The molecule has 3 rings (SSSR count). The first-order valence-electron chi connectivity index (χ1n) is 7.08. The van der Waals surface area contributed by atoms with Crippen molar-refractivity contribution in [2.45, 2.75) is 19.9 Å². The van der Waals surface area contributed by atoms with Crippen LogP contribution in [0.4, 0.5) is 0 Å². The van der Waals surface area contributed by atoms with Crippen LogP contribution in [0.15, 0.2) is 30.3 Å². The quantitative estimate of drug-likeness (QED) is 0.888. The number of carbonyl (C=O) groups is 2. The summed E-state index contributed by atoms with van der Waals surface area (Å²) < 4.78 is 0. The summed E-state index contributed by atoms with van der Waals surface area (Å²) >= 11 is 1.55. The first-order valence-corrected chi connectivity index (χ1v) is 7.90. The molecule has 2 N–H and O–H groups in total. The molecular formula is C16H16N2O3S. The van der Waals surface area contributed by atoms with Crippen molar-refractivity contribution in [3.05, 3.63) is 40.9 Å². The fourth-order valence-electron chi connectivity index (χ4n) is 2.35. The Labute approximate surface area is 132 Å². The molecule has 1 aromatic heterocycles. The Morgan fingerprint density at radius 1 is 1.32 bits per heavy atom. The third-order valence-electron chi connectivity index (χ3n) is 3.78. The number of nitrogens with one attached hydrogen (secondary N) is 1. The molecule has 0 aliphatic heterocycles. The fourth-order valence-corrected chi connectivity index (χ4v) is 3.36. The second-order valence-electron chi connectivity index (χ2n) is 5.40. The maximum atomic E-state index is 11.9. The van der Waals surface area contributed by atoms with Crippen molar-refractivity contribution < 1.29 is 14.7 Å². The normalized spacial score (nSPS) is 19.7. The monoisotopic (exact) mass is 316 g/mol. The average Bonchev–Trinajstić information content (AvgIpc) is 3.24. The van der Waals surface area contributed by atoms with Gasteiger partial charge in [-0.2, -0.15) is 0 Å². The molecule has 2 aromatic rings. The molecule has 1 aliphatic carbocycles. The summed E-state index contributed by atoms with van der Waals surface area (Å²) in [6.07, 6.45) is 0.443. The van der Waals surface area contributed by atoms with Gasteiger partial charge in [-0.05, 0) is 13.3 Å². The third-order valence-corrected chi connectivity index (χ3v) is 4.99. The Balaban J connectivity index is 1.63. The summed E-state index contributed by atoms with van der Waals surface area (Å²) in [4.78, 5) is 28.2. The molecule has 1 aliphatic rings. The van der Waals surface area contributed by atoms with E-state index in [1.54, 1.807) is 11.3 Å². The Kier molecular flexibility index (Phi) is 3.94. The Morgan fingerprint density at radius 2 is 2.05 bits per heavy atom. The van der Waals surface area contributed by atoms with E-state index in [0.29, 0.717) is 13.0 Å². The average molecular weight is 316 g/mol. The van der Waals surface area contributed by atoms with Crippen molar-refractivity contribution in [3.8, 4) is 10.6 Å². The topological polar surface area (TPSA) is 79.3 Å². The van der Waals surface area contributed by atoms with E-state index < -0.39 is 11.9 Å². The smallest absolute Gasteiger partial charge is 0.307 e. The number of amides is 1.